The van der Waals surface area contributed by atoms with E-state index in [1.165, 1.54) is 10.9 Å². The number of nitrogens with one attached hydrogen (secondary N) is 1. The van der Waals surface area contributed by atoms with Crippen LogP contribution in [0.5, 0.6) is 0 Å². The van der Waals surface area contributed by atoms with Crippen molar-refractivity contribution in [2.24, 2.45) is 16.6 Å². The van der Waals surface area contributed by atoms with Crippen LogP contribution in [-0.4, -0.2) is 67.9 Å². The quantitative estimate of drug-likeness (QED) is 0.205. The summed E-state index contributed by atoms with van der Waals surface area (Å²) in [7, 11) is 0. The molecule has 48 heavy (non-hydrogen) atoms. The standard InChI is InChI=1S/C35H38ClN7O4S/c1-19-20(2)48-34-30(19)31(22-6-8-25(36)9-7-22)39-28(32-41-40-21(3)43(32)34)18-29(44)42-15-12-23(13-16-42)33(45)38-26-10-11-27(35(46)47)24(17-26)5-4-14-37/h6-11,17,23,28H,4-5,12-16,18,37H2,1-3H3,(H,38,45)(H,46,47)/t28-/m0/s1. The topological polar surface area (TPSA) is 156 Å². The second kappa shape index (κ2) is 14.0. The normalized spacial score (nSPS) is 16.1. The number of piperidine rings is 1. The van der Waals surface area contributed by atoms with Crippen molar-refractivity contribution >= 4 is 52.1 Å². The fourth-order valence-corrected chi connectivity index (χ4v) is 7.78. The molecule has 2 aliphatic heterocycles. The Hall–Kier alpha value is -4.39. The van der Waals surface area contributed by atoms with Crippen LogP contribution in [0.3, 0.4) is 0 Å². The maximum absolute atomic E-state index is 13.8. The van der Waals surface area contributed by atoms with Crippen molar-refractivity contribution in [3.63, 3.8) is 0 Å². The van der Waals surface area contributed by atoms with Crippen LogP contribution in [0.15, 0.2) is 47.5 Å². The molecule has 11 nitrogen and oxygen atoms in total. The number of hydrogen-bond donors (Lipinski definition) is 3. The van der Waals surface area contributed by atoms with E-state index in [4.69, 9.17) is 22.3 Å². The SMILES string of the molecule is Cc1sc2c(c1C)C(c1ccc(Cl)cc1)=N[C@@H](CC(=O)N1CCC(C(=O)Nc3ccc(C(=O)O)c(CCCN)c3)CC1)c1nnc(C)n1-2. The highest BCUT2D eigenvalue weighted by molar-refractivity contribution is 7.15. The van der Waals surface area contributed by atoms with Crippen molar-refractivity contribution in [2.45, 2.75) is 58.9 Å². The number of hydrogen-bond acceptors (Lipinski definition) is 8. The van der Waals surface area contributed by atoms with Crippen LogP contribution in [0, 0.1) is 26.7 Å². The number of halogens is 1. The molecule has 0 saturated carbocycles. The lowest BCUT2D eigenvalue weighted by molar-refractivity contribution is -0.134. The molecule has 1 fully saturated rings. The molecular formula is C35H38ClN7O4S. The Morgan fingerprint density at radius 1 is 1.06 bits per heavy atom. The predicted molar refractivity (Wildman–Crippen MR) is 187 cm³/mol. The number of likely N-dealkylation sites (tertiary alicyclic amines) is 1. The second-order valence-corrected chi connectivity index (χ2v) is 14.0. The number of benzene rings is 2. The van der Waals surface area contributed by atoms with E-state index in [0.29, 0.717) is 67.4 Å². The van der Waals surface area contributed by atoms with Crippen molar-refractivity contribution in [3.05, 3.63) is 91.8 Å². The Balaban J connectivity index is 1.18. The summed E-state index contributed by atoms with van der Waals surface area (Å²) in [6, 6.07) is 11.9. The molecule has 2 aromatic heterocycles. The van der Waals surface area contributed by atoms with Crippen LogP contribution in [0.4, 0.5) is 5.69 Å². The summed E-state index contributed by atoms with van der Waals surface area (Å²) in [4.78, 5) is 46.9. The summed E-state index contributed by atoms with van der Waals surface area (Å²) < 4.78 is 2.03. The number of carboxylic acids is 1. The number of carboxylic acid groups (broad SMARTS) is 1. The molecule has 2 aliphatic rings. The van der Waals surface area contributed by atoms with Crippen LogP contribution in [0.2, 0.25) is 5.02 Å². The van der Waals surface area contributed by atoms with E-state index in [1.807, 2.05) is 35.8 Å². The van der Waals surface area contributed by atoms with Gasteiger partial charge in [0, 0.05) is 45.7 Å². The van der Waals surface area contributed by atoms with Gasteiger partial charge in [-0.2, -0.15) is 0 Å². The van der Waals surface area contributed by atoms with Gasteiger partial charge in [0.25, 0.3) is 0 Å². The fraction of sp³-hybridized carbons (Fsp3) is 0.371. The number of carbonyl (C=O) groups excluding carboxylic acids is 2. The van der Waals surface area contributed by atoms with E-state index < -0.39 is 12.0 Å². The molecule has 4 N–H and O–H groups in total. The summed E-state index contributed by atoms with van der Waals surface area (Å²) >= 11 is 7.89. The summed E-state index contributed by atoms with van der Waals surface area (Å²) in [6.45, 7) is 7.41. The highest BCUT2D eigenvalue weighted by Crippen LogP contribution is 2.40. The summed E-state index contributed by atoms with van der Waals surface area (Å²) in [5.41, 5.74) is 10.9. The lowest BCUT2D eigenvalue weighted by Gasteiger charge is -2.32. The Kier molecular flexibility index (Phi) is 9.77. The first-order valence-corrected chi connectivity index (χ1v) is 17.3. The highest BCUT2D eigenvalue weighted by Gasteiger charge is 2.34. The summed E-state index contributed by atoms with van der Waals surface area (Å²) in [5, 5.41) is 23.0. The first kappa shape index (κ1) is 33.5. The van der Waals surface area contributed by atoms with Crippen LogP contribution >= 0.6 is 22.9 Å². The minimum atomic E-state index is -1.01. The molecule has 6 rings (SSSR count). The summed E-state index contributed by atoms with van der Waals surface area (Å²) in [6.07, 6.45) is 2.29. The molecule has 0 radical (unpaired) electrons. The predicted octanol–water partition coefficient (Wildman–Crippen LogP) is 5.66. The number of carbonyl (C=O) groups is 3. The Labute approximate surface area is 287 Å². The molecule has 13 heteroatoms. The van der Waals surface area contributed by atoms with E-state index in [-0.39, 0.29) is 29.7 Å². The Morgan fingerprint density at radius 2 is 1.79 bits per heavy atom. The molecule has 0 spiro atoms. The van der Waals surface area contributed by atoms with E-state index >= 15 is 0 Å². The second-order valence-electron chi connectivity index (χ2n) is 12.3. The van der Waals surface area contributed by atoms with Crippen molar-refractivity contribution in [1.82, 2.24) is 19.7 Å². The van der Waals surface area contributed by atoms with Crippen LogP contribution in [-0.2, 0) is 16.0 Å². The van der Waals surface area contributed by atoms with Gasteiger partial charge in [-0.05, 0) is 94.5 Å². The van der Waals surface area contributed by atoms with Gasteiger partial charge >= 0.3 is 5.97 Å². The smallest absolute Gasteiger partial charge is 0.335 e. The zero-order valence-corrected chi connectivity index (χ0v) is 28.7. The average Bonchev–Trinajstić information content (AvgIpc) is 3.55. The third-order valence-corrected chi connectivity index (χ3v) is 10.6. The number of aromatic nitrogens is 3. The van der Waals surface area contributed by atoms with E-state index in [2.05, 4.69) is 29.4 Å². The van der Waals surface area contributed by atoms with Gasteiger partial charge < -0.3 is 21.1 Å². The number of thiophene rings is 1. The lowest BCUT2D eigenvalue weighted by atomic mass is 9.95. The minimum absolute atomic E-state index is 0.0581. The third kappa shape index (κ3) is 6.65. The van der Waals surface area contributed by atoms with Gasteiger partial charge in [0.05, 0.1) is 17.7 Å². The van der Waals surface area contributed by atoms with Gasteiger partial charge in [0.1, 0.15) is 16.9 Å². The lowest BCUT2D eigenvalue weighted by Crippen LogP contribution is -2.41. The molecule has 4 aromatic rings. The van der Waals surface area contributed by atoms with Gasteiger partial charge in [-0.15, -0.1) is 21.5 Å². The molecule has 0 unspecified atom stereocenters. The van der Waals surface area contributed by atoms with Crippen molar-refractivity contribution in [3.8, 4) is 5.00 Å². The first-order valence-electron chi connectivity index (χ1n) is 16.1. The molecular weight excluding hydrogens is 650 g/mol. The van der Waals surface area contributed by atoms with Crippen LogP contribution < -0.4 is 11.1 Å². The Morgan fingerprint density at radius 3 is 2.48 bits per heavy atom. The van der Waals surface area contributed by atoms with Gasteiger partial charge in [0.2, 0.25) is 11.8 Å². The molecule has 2 aromatic carbocycles. The third-order valence-electron chi connectivity index (χ3n) is 9.20. The summed E-state index contributed by atoms with van der Waals surface area (Å²) in [5.74, 6) is -0.131. The van der Waals surface area contributed by atoms with E-state index in [0.717, 1.165) is 33.2 Å². The molecule has 0 bridgehead atoms. The van der Waals surface area contributed by atoms with Gasteiger partial charge in [-0.25, -0.2) is 4.79 Å². The number of fused-ring (bicyclic) bond motifs is 3. The minimum Gasteiger partial charge on any atom is -0.478 e. The maximum atomic E-state index is 13.8. The van der Waals surface area contributed by atoms with Gasteiger partial charge in [-0.3, -0.25) is 19.1 Å². The Bertz CT molecular complexity index is 1910. The van der Waals surface area contributed by atoms with Gasteiger partial charge in [-0.1, -0.05) is 23.7 Å². The molecule has 1 atom stereocenters. The number of nitrogens with zero attached hydrogens (tertiary/aromatic N) is 5. The van der Waals surface area contributed by atoms with Crippen LogP contribution in [0.25, 0.3) is 5.00 Å². The number of rotatable bonds is 9. The van der Waals surface area contributed by atoms with Crippen molar-refractivity contribution in [2.75, 3.05) is 25.0 Å². The largest absolute Gasteiger partial charge is 0.478 e. The number of amides is 2. The van der Waals surface area contributed by atoms with E-state index in [1.54, 1.807) is 28.4 Å². The number of anilines is 1. The van der Waals surface area contributed by atoms with Gasteiger partial charge in [0.15, 0.2) is 5.82 Å². The molecule has 2 amide bonds. The number of aryl methyl sites for hydroxylation is 3. The molecule has 250 valence electrons. The molecule has 4 heterocycles. The van der Waals surface area contributed by atoms with Crippen molar-refractivity contribution < 1.29 is 19.5 Å². The highest BCUT2D eigenvalue weighted by atomic mass is 35.5. The maximum Gasteiger partial charge on any atom is 0.335 e. The first-order chi connectivity index (χ1) is 23.0. The van der Waals surface area contributed by atoms with E-state index in [9.17, 15) is 19.5 Å². The average molecular weight is 688 g/mol. The zero-order chi connectivity index (χ0) is 34.1. The van der Waals surface area contributed by atoms with Crippen LogP contribution in [0.1, 0.15) is 80.9 Å². The zero-order valence-electron chi connectivity index (χ0n) is 27.1. The van der Waals surface area contributed by atoms with Crippen molar-refractivity contribution in [1.29, 1.82) is 0 Å². The molecule has 0 aliphatic carbocycles. The fourth-order valence-electron chi connectivity index (χ4n) is 6.44. The number of aromatic carboxylic acids is 1. The monoisotopic (exact) mass is 687 g/mol. The number of nitrogens with two attached hydrogens (primary N) is 1. The molecule has 1 saturated heterocycles. The number of aliphatic imine (C=N–C) groups is 1.